The van der Waals surface area contributed by atoms with Crippen LogP contribution in [0, 0.1) is 5.92 Å². The summed E-state index contributed by atoms with van der Waals surface area (Å²) in [4.78, 5) is 42.2. The molecule has 168 valence electrons. The zero-order chi connectivity index (χ0) is 22.0. The first kappa shape index (κ1) is 21.8. The summed E-state index contributed by atoms with van der Waals surface area (Å²) < 4.78 is 10.9. The Labute approximate surface area is 182 Å². The maximum absolute atomic E-state index is 13.3. The molecule has 0 bridgehead atoms. The van der Waals surface area contributed by atoms with Crippen molar-refractivity contribution < 1.29 is 23.9 Å². The summed E-state index contributed by atoms with van der Waals surface area (Å²) in [5, 5.41) is 2.92. The van der Waals surface area contributed by atoms with Gasteiger partial charge in [-0.2, -0.15) is 0 Å². The van der Waals surface area contributed by atoms with E-state index in [0.29, 0.717) is 38.2 Å². The van der Waals surface area contributed by atoms with Gasteiger partial charge in [0.15, 0.2) is 5.78 Å². The molecular formula is C23H31N3O5. The molecule has 2 amide bonds. The van der Waals surface area contributed by atoms with Crippen LogP contribution < -0.4 is 10.2 Å². The van der Waals surface area contributed by atoms with Gasteiger partial charge in [-0.1, -0.05) is 13.8 Å². The molecule has 0 aromatic heterocycles. The number of carbonyl (C=O) groups is 3. The topological polar surface area (TPSA) is 88.2 Å². The van der Waals surface area contributed by atoms with Crippen LogP contribution in [0.4, 0.5) is 5.69 Å². The lowest BCUT2D eigenvalue weighted by Crippen LogP contribution is -2.52. The van der Waals surface area contributed by atoms with E-state index in [4.69, 9.17) is 9.47 Å². The van der Waals surface area contributed by atoms with Crippen molar-refractivity contribution in [3.63, 3.8) is 0 Å². The summed E-state index contributed by atoms with van der Waals surface area (Å²) in [5.74, 6) is -0.313. The normalized spacial score (nSPS) is 24.4. The Bertz CT molecular complexity index is 819. The number of carbonyl (C=O) groups excluding carboxylic acids is 3. The van der Waals surface area contributed by atoms with E-state index in [9.17, 15) is 14.4 Å². The third kappa shape index (κ3) is 4.75. The van der Waals surface area contributed by atoms with Crippen LogP contribution in [-0.4, -0.2) is 80.1 Å². The first-order valence-corrected chi connectivity index (χ1v) is 11.1. The fraction of sp³-hybridized carbons (Fsp3) is 0.609. The Balaban J connectivity index is 1.44. The van der Waals surface area contributed by atoms with Gasteiger partial charge in [-0.15, -0.1) is 0 Å². The highest BCUT2D eigenvalue weighted by molar-refractivity contribution is 5.99. The second-order valence-electron chi connectivity index (χ2n) is 8.88. The highest BCUT2D eigenvalue weighted by Gasteiger charge is 2.48. The molecule has 1 aromatic carbocycles. The van der Waals surface area contributed by atoms with Gasteiger partial charge in [-0.25, -0.2) is 0 Å². The van der Waals surface area contributed by atoms with Gasteiger partial charge in [0.05, 0.1) is 19.3 Å². The van der Waals surface area contributed by atoms with E-state index in [0.717, 1.165) is 18.8 Å². The molecule has 8 nitrogen and oxygen atoms in total. The number of likely N-dealkylation sites (tertiary alicyclic amines) is 1. The predicted octanol–water partition coefficient (Wildman–Crippen LogP) is 1.24. The third-order valence-electron chi connectivity index (χ3n) is 6.21. The van der Waals surface area contributed by atoms with Crippen molar-refractivity contribution in [2.45, 2.75) is 44.9 Å². The van der Waals surface area contributed by atoms with Crippen LogP contribution in [0.2, 0.25) is 0 Å². The molecule has 3 heterocycles. The molecule has 3 aliphatic heterocycles. The molecule has 3 atom stereocenters. The Morgan fingerprint density at radius 2 is 1.84 bits per heavy atom. The molecule has 3 unspecified atom stereocenters. The predicted molar refractivity (Wildman–Crippen MR) is 115 cm³/mol. The molecule has 3 saturated heterocycles. The van der Waals surface area contributed by atoms with E-state index < -0.39 is 12.1 Å². The second-order valence-corrected chi connectivity index (χ2v) is 8.88. The average Bonchev–Trinajstić information content (AvgIpc) is 3.36. The summed E-state index contributed by atoms with van der Waals surface area (Å²) >= 11 is 0. The van der Waals surface area contributed by atoms with Gasteiger partial charge in [-0.05, 0) is 43.0 Å². The highest BCUT2D eigenvalue weighted by atomic mass is 16.5. The lowest BCUT2D eigenvalue weighted by molar-refractivity contribution is -0.138. The van der Waals surface area contributed by atoms with Gasteiger partial charge >= 0.3 is 0 Å². The van der Waals surface area contributed by atoms with Gasteiger partial charge in [-0.3, -0.25) is 14.4 Å². The monoisotopic (exact) mass is 429 g/mol. The zero-order valence-corrected chi connectivity index (χ0v) is 18.2. The average molecular weight is 430 g/mol. The molecule has 1 aromatic rings. The number of benzene rings is 1. The number of nitrogens with zero attached hydrogens (tertiary/aromatic N) is 2. The van der Waals surface area contributed by atoms with Crippen LogP contribution in [0.15, 0.2) is 24.3 Å². The molecule has 3 aliphatic rings. The minimum absolute atomic E-state index is 0.0517. The molecule has 4 rings (SSSR count). The number of rotatable bonds is 6. The van der Waals surface area contributed by atoms with Crippen LogP contribution >= 0.6 is 0 Å². The number of ether oxygens (including phenoxy) is 2. The number of morpholine rings is 1. The van der Waals surface area contributed by atoms with Crippen molar-refractivity contribution in [1.29, 1.82) is 0 Å². The summed E-state index contributed by atoms with van der Waals surface area (Å²) in [5.41, 5.74) is 1.57. The first-order chi connectivity index (χ1) is 14.9. The maximum Gasteiger partial charge on any atom is 0.251 e. The lowest BCUT2D eigenvalue weighted by atomic mass is 10.0. The third-order valence-corrected chi connectivity index (χ3v) is 6.21. The second kappa shape index (κ2) is 9.36. The van der Waals surface area contributed by atoms with E-state index >= 15 is 0 Å². The van der Waals surface area contributed by atoms with E-state index in [1.54, 1.807) is 17.0 Å². The van der Waals surface area contributed by atoms with Crippen molar-refractivity contribution in [2.24, 2.45) is 5.92 Å². The van der Waals surface area contributed by atoms with Crippen molar-refractivity contribution in [3.05, 3.63) is 29.8 Å². The number of hydrogen-bond donors (Lipinski definition) is 1. The summed E-state index contributed by atoms with van der Waals surface area (Å²) in [6, 6.07) is 6.26. The van der Waals surface area contributed by atoms with Gasteiger partial charge in [0, 0.05) is 30.9 Å². The van der Waals surface area contributed by atoms with Gasteiger partial charge in [0.2, 0.25) is 5.91 Å². The smallest absolute Gasteiger partial charge is 0.251 e. The number of amides is 2. The summed E-state index contributed by atoms with van der Waals surface area (Å²) in [6.07, 6.45) is 0.965. The van der Waals surface area contributed by atoms with E-state index in [2.05, 4.69) is 10.2 Å². The van der Waals surface area contributed by atoms with Crippen LogP contribution in [0.25, 0.3) is 0 Å². The Kier molecular flexibility index (Phi) is 6.57. The summed E-state index contributed by atoms with van der Waals surface area (Å²) in [6.45, 7) is 7.64. The number of Topliss-reactive ketones (excluding diaryl/α,β-unsaturated/α-hetero) is 1. The molecule has 0 spiro atoms. The van der Waals surface area contributed by atoms with Crippen LogP contribution in [0.5, 0.6) is 0 Å². The SMILES string of the molecule is CC(C)CC(NC(=O)c1ccc(N2CCOCC2)cc1)C(=O)N1CCC2OCC(=O)C21. The van der Waals surface area contributed by atoms with Crippen LogP contribution in [-0.2, 0) is 19.1 Å². The van der Waals surface area contributed by atoms with Crippen molar-refractivity contribution in [1.82, 2.24) is 10.2 Å². The number of anilines is 1. The zero-order valence-electron chi connectivity index (χ0n) is 18.2. The Morgan fingerprint density at radius 1 is 1.13 bits per heavy atom. The fourth-order valence-electron chi connectivity index (χ4n) is 4.62. The maximum atomic E-state index is 13.3. The Morgan fingerprint density at radius 3 is 2.52 bits per heavy atom. The van der Waals surface area contributed by atoms with Crippen molar-refractivity contribution >= 4 is 23.3 Å². The van der Waals surface area contributed by atoms with Gasteiger partial charge < -0.3 is 24.6 Å². The fourth-order valence-corrected chi connectivity index (χ4v) is 4.62. The number of fused-ring (bicyclic) bond motifs is 1. The summed E-state index contributed by atoms with van der Waals surface area (Å²) in [7, 11) is 0. The highest BCUT2D eigenvalue weighted by Crippen LogP contribution is 2.28. The van der Waals surface area contributed by atoms with Crippen LogP contribution in [0.1, 0.15) is 37.0 Å². The van der Waals surface area contributed by atoms with Gasteiger partial charge in [0.1, 0.15) is 18.7 Å². The largest absolute Gasteiger partial charge is 0.378 e. The first-order valence-electron chi connectivity index (χ1n) is 11.1. The lowest BCUT2D eigenvalue weighted by Gasteiger charge is -2.29. The molecule has 8 heteroatoms. The Hall–Kier alpha value is -2.45. The van der Waals surface area contributed by atoms with Gasteiger partial charge in [0.25, 0.3) is 5.91 Å². The minimum atomic E-state index is -0.668. The number of hydrogen-bond acceptors (Lipinski definition) is 6. The molecule has 0 radical (unpaired) electrons. The molecule has 0 saturated carbocycles. The molecular weight excluding hydrogens is 398 g/mol. The number of nitrogens with one attached hydrogen (secondary N) is 1. The number of ketones is 1. The molecule has 3 fully saturated rings. The minimum Gasteiger partial charge on any atom is -0.378 e. The quantitative estimate of drug-likeness (QED) is 0.732. The van der Waals surface area contributed by atoms with E-state index in [1.807, 2.05) is 26.0 Å². The molecule has 1 N–H and O–H groups in total. The van der Waals surface area contributed by atoms with E-state index in [-0.39, 0.29) is 36.2 Å². The van der Waals surface area contributed by atoms with Crippen molar-refractivity contribution in [2.75, 3.05) is 44.4 Å². The van der Waals surface area contributed by atoms with Crippen LogP contribution in [0.3, 0.4) is 0 Å². The standard InChI is InChI=1S/C23H31N3O5/c1-15(2)13-18(23(29)26-8-7-20-21(26)19(27)14-31-20)24-22(28)16-3-5-17(6-4-16)25-9-11-30-12-10-25/h3-6,15,18,20-21H,7-14H2,1-2H3,(H,24,28). The van der Waals surface area contributed by atoms with Crippen molar-refractivity contribution in [3.8, 4) is 0 Å². The molecule has 31 heavy (non-hydrogen) atoms. The molecule has 0 aliphatic carbocycles. The van der Waals surface area contributed by atoms with E-state index in [1.165, 1.54) is 0 Å².